The van der Waals surface area contributed by atoms with E-state index in [0.717, 1.165) is 19.3 Å². The van der Waals surface area contributed by atoms with E-state index in [-0.39, 0.29) is 12.1 Å². The normalized spacial score (nSPS) is 29.5. The molecule has 2 nitrogen and oxygen atoms in total. The molecular weight excluding hydrogens is 176 g/mol. The van der Waals surface area contributed by atoms with E-state index < -0.39 is 12.3 Å². The summed E-state index contributed by atoms with van der Waals surface area (Å²) in [6.45, 7) is 3.66. The zero-order valence-electron chi connectivity index (χ0n) is 7.96. The minimum atomic E-state index is -2.86. The fourth-order valence-electron chi connectivity index (χ4n) is 1.97. The molecule has 13 heavy (non-hydrogen) atoms. The van der Waals surface area contributed by atoms with Crippen LogP contribution in [-0.4, -0.2) is 29.3 Å². The van der Waals surface area contributed by atoms with Crippen LogP contribution in [0.5, 0.6) is 0 Å². The second-order valence-electron chi connectivity index (χ2n) is 3.68. The van der Waals surface area contributed by atoms with Gasteiger partial charge in [0.1, 0.15) is 0 Å². The standard InChI is InChI=1S/C9H15F2NO/c1-6-4-3-5-7(2)12(6)9(13)8(10)11/h6-8H,3-5H2,1-2H3. The highest BCUT2D eigenvalue weighted by atomic mass is 19.3. The smallest absolute Gasteiger partial charge is 0.315 e. The van der Waals surface area contributed by atoms with E-state index in [9.17, 15) is 13.6 Å². The molecule has 0 aliphatic carbocycles. The van der Waals surface area contributed by atoms with Crippen LogP contribution in [0.2, 0.25) is 0 Å². The first-order valence-electron chi connectivity index (χ1n) is 4.64. The minimum Gasteiger partial charge on any atom is -0.332 e. The van der Waals surface area contributed by atoms with E-state index in [1.54, 1.807) is 0 Å². The van der Waals surface area contributed by atoms with Crippen LogP contribution in [0, 0.1) is 0 Å². The number of hydrogen-bond acceptors (Lipinski definition) is 1. The highest BCUT2D eigenvalue weighted by molar-refractivity contribution is 5.80. The molecule has 0 spiro atoms. The lowest BCUT2D eigenvalue weighted by molar-refractivity contribution is -0.149. The molecule has 0 radical (unpaired) electrons. The molecule has 0 aromatic carbocycles. The van der Waals surface area contributed by atoms with Gasteiger partial charge in [-0.1, -0.05) is 0 Å². The average molecular weight is 191 g/mol. The largest absolute Gasteiger partial charge is 0.332 e. The fraction of sp³-hybridized carbons (Fsp3) is 0.889. The highest BCUT2D eigenvalue weighted by Gasteiger charge is 2.33. The molecule has 1 heterocycles. The summed E-state index contributed by atoms with van der Waals surface area (Å²) in [5, 5.41) is 0. The van der Waals surface area contributed by atoms with Crippen molar-refractivity contribution in [2.75, 3.05) is 0 Å². The minimum absolute atomic E-state index is 0.0368. The van der Waals surface area contributed by atoms with E-state index in [1.165, 1.54) is 4.90 Å². The monoisotopic (exact) mass is 191 g/mol. The first-order valence-corrected chi connectivity index (χ1v) is 4.64. The van der Waals surface area contributed by atoms with Gasteiger partial charge in [0.25, 0.3) is 5.91 Å². The Labute approximate surface area is 76.9 Å². The van der Waals surface area contributed by atoms with Crippen LogP contribution >= 0.6 is 0 Å². The number of likely N-dealkylation sites (tertiary alicyclic amines) is 1. The van der Waals surface area contributed by atoms with Gasteiger partial charge in [0.15, 0.2) is 0 Å². The molecular formula is C9H15F2NO. The number of alkyl halides is 2. The van der Waals surface area contributed by atoms with Crippen LogP contribution < -0.4 is 0 Å². The summed E-state index contributed by atoms with van der Waals surface area (Å²) in [5.41, 5.74) is 0. The predicted molar refractivity (Wildman–Crippen MR) is 45.6 cm³/mol. The number of rotatable bonds is 1. The molecule has 0 bridgehead atoms. The summed E-state index contributed by atoms with van der Waals surface area (Å²) in [6.07, 6.45) is -0.163. The Morgan fingerprint density at radius 2 is 1.77 bits per heavy atom. The Hall–Kier alpha value is -0.670. The van der Waals surface area contributed by atoms with E-state index in [0.29, 0.717) is 0 Å². The SMILES string of the molecule is CC1CCCC(C)N1C(=O)C(F)F. The lowest BCUT2D eigenvalue weighted by Gasteiger charge is -2.38. The third-order valence-corrected chi connectivity index (χ3v) is 2.63. The van der Waals surface area contributed by atoms with Crippen molar-refractivity contribution in [3.63, 3.8) is 0 Å². The number of carbonyl (C=O) groups excluding carboxylic acids is 1. The Morgan fingerprint density at radius 3 is 2.15 bits per heavy atom. The van der Waals surface area contributed by atoms with Crippen molar-refractivity contribution in [3.8, 4) is 0 Å². The van der Waals surface area contributed by atoms with Crippen LogP contribution in [0.15, 0.2) is 0 Å². The van der Waals surface area contributed by atoms with Crippen LogP contribution in [0.3, 0.4) is 0 Å². The van der Waals surface area contributed by atoms with Gasteiger partial charge in [0.2, 0.25) is 0 Å². The molecule has 1 fully saturated rings. The second-order valence-corrected chi connectivity index (χ2v) is 3.68. The van der Waals surface area contributed by atoms with Crippen LogP contribution in [0.25, 0.3) is 0 Å². The molecule has 2 unspecified atom stereocenters. The summed E-state index contributed by atoms with van der Waals surface area (Å²) < 4.78 is 24.3. The van der Waals surface area contributed by atoms with Gasteiger partial charge in [-0.05, 0) is 33.1 Å². The van der Waals surface area contributed by atoms with E-state index in [1.807, 2.05) is 13.8 Å². The van der Waals surface area contributed by atoms with E-state index >= 15 is 0 Å². The number of piperidine rings is 1. The summed E-state index contributed by atoms with van der Waals surface area (Å²) in [4.78, 5) is 12.4. The van der Waals surface area contributed by atoms with Crippen molar-refractivity contribution in [3.05, 3.63) is 0 Å². The Morgan fingerprint density at radius 1 is 1.31 bits per heavy atom. The van der Waals surface area contributed by atoms with Gasteiger partial charge in [0.05, 0.1) is 0 Å². The zero-order chi connectivity index (χ0) is 10.0. The molecule has 1 saturated heterocycles. The van der Waals surface area contributed by atoms with Crippen molar-refractivity contribution < 1.29 is 13.6 Å². The number of amides is 1. The topological polar surface area (TPSA) is 20.3 Å². The number of nitrogens with zero attached hydrogens (tertiary/aromatic N) is 1. The first-order chi connectivity index (χ1) is 6.04. The average Bonchev–Trinajstić information content (AvgIpc) is 2.03. The van der Waals surface area contributed by atoms with Gasteiger partial charge in [-0.15, -0.1) is 0 Å². The van der Waals surface area contributed by atoms with Crippen LogP contribution in [0.4, 0.5) is 8.78 Å². The maximum absolute atomic E-state index is 12.2. The maximum Gasteiger partial charge on any atom is 0.315 e. The molecule has 1 aliphatic rings. The quantitative estimate of drug-likeness (QED) is 0.621. The maximum atomic E-state index is 12.2. The molecule has 4 heteroatoms. The summed E-state index contributed by atoms with van der Waals surface area (Å²) in [5.74, 6) is -1.01. The van der Waals surface area contributed by atoms with Crippen molar-refractivity contribution >= 4 is 5.91 Å². The van der Waals surface area contributed by atoms with Gasteiger partial charge in [0, 0.05) is 12.1 Å². The summed E-state index contributed by atoms with van der Waals surface area (Å²) in [6, 6.07) is -0.0736. The summed E-state index contributed by atoms with van der Waals surface area (Å²) >= 11 is 0. The molecule has 0 saturated carbocycles. The van der Waals surface area contributed by atoms with E-state index in [2.05, 4.69) is 0 Å². The number of halogens is 2. The van der Waals surface area contributed by atoms with Gasteiger partial charge in [-0.2, -0.15) is 8.78 Å². The van der Waals surface area contributed by atoms with Crippen molar-refractivity contribution in [1.29, 1.82) is 0 Å². The molecule has 1 aliphatic heterocycles. The fourth-order valence-corrected chi connectivity index (χ4v) is 1.97. The van der Waals surface area contributed by atoms with Gasteiger partial charge in [-0.3, -0.25) is 4.79 Å². The van der Waals surface area contributed by atoms with Crippen molar-refractivity contribution in [2.45, 2.75) is 51.6 Å². The Kier molecular flexibility index (Phi) is 3.22. The number of hydrogen-bond donors (Lipinski definition) is 0. The lowest BCUT2D eigenvalue weighted by Crippen LogP contribution is -2.49. The molecule has 1 amide bonds. The van der Waals surface area contributed by atoms with Crippen LogP contribution in [0.1, 0.15) is 33.1 Å². The van der Waals surface area contributed by atoms with E-state index in [4.69, 9.17) is 0 Å². The van der Waals surface area contributed by atoms with Gasteiger partial charge >= 0.3 is 6.43 Å². The number of carbonyl (C=O) groups is 1. The van der Waals surface area contributed by atoms with Crippen molar-refractivity contribution in [1.82, 2.24) is 4.90 Å². The third kappa shape index (κ3) is 2.17. The molecule has 1 rings (SSSR count). The van der Waals surface area contributed by atoms with Crippen LogP contribution in [-0.2, 0) is 4.79 Å². The van der Waals surface area contributed by atoms with Gasteiger partial charge in [-0.25, -0.2) is 0 Å². The molecule has 76 valence electrons. The molecule has 0 aromatic heterocycles. The Bertz CT molecular complexity index is 186. The molecule has 0 aromatic rings. The summed E-state index contributed by atoms with van der Waals surface area (Å²) in [7, 11) is 0. The highest BCUT2D eigenvalue weighted by Crippen LogP contribution is 2.23. The van der Waals surface area contributed by atoms with Gasteiger partial charge < -0.3 is 4.90 Å². The van der Waals surface area contributed by atoms with Crippen molar-refractivity contribution in [2.24, 2.45) is 0 Å². The first kappa shape index (κ1) is 10.4. The second kappa shape index (κ2) is 4.03. The lowest BCUT2D eigenvalue weighted by atomic mass is 9.97. The zero-order valence-corrected chi connectivity index (χ0v) is 7.96. The third-order valence-electron chi connectivity index (χ3n) is 2.63. The molecule has 0 N–H and O–H groups in total. The predicted octanol–water partition coefficient (Wildman–Crippen LogP) is 2.04. The Balaban J connectivity index is 2.68. The molecule has 2 atom stereocenters.